The van der Waals surface area contributed by atoms with Crippen LogP contribution in [0.2, 0.25) is 5.02 Å². The quantitative estimate of drug-likeness (QED) is 0.636. The van der Waals surface area contributed by atoms with E-state index in [1.54, 1.807) is 26.0 Å². The Balaban J connectivity index is 2.87. The number of hydrogen-bond donors (Lipinski definition) is 1. The van der Waals surface area contributed by atoms with Gasteiger partial charge in [0.25, 0.3) is 5.91 Å². The Hall–Kier alpha value is -2.08. The van der Waals surface area contributed by atoms with Gasteiger partial charge in [0, 0.05) is 10.6 Å². The van der Waals surface area contributed by atoms with Crippen LogP contribution >= 0.6 is 11.6 Å². The minimum atomic E-state index is -1.50. The van der Waals surface area contributed by atoms with Gasteiger partial charge in [-0.1, -0.05) is 17.7 Å². The van der Waals surface area contributed by atoms with Crippen LogP contribution in [0, 0.1) is 0 Å². The Morgan fingerprint density at radius 1 is 1.14 bits per heavy atom. The highest BCUT2D eigenvalue weighted by Crippen LogP contribution is 2.11. The van der Waals surface area contributed by atoms with Crippen molar-refractivity contribution in [1.82, 2.24) is 5.32 Å². The number of nitrogens with one attached hydrogen (secondary N) is 1. The van der Waals surface area contributed by atoms with Crippen molar-refractivity contribution in [1.29, 1.82) is 0 Å². The Kier molecular flexibility index (Phi) is 6.68. The number of esters is 2. The number of hydrogen-bond acceptors (Lipinski definition) is 5. The minimum absolute atomic E-state index is 0.0851. The molecule has 0 fully saturated rings. The summed E-state index contributed by atoms with van der Waals surface area (Å²) in [6.45, 7) is 3.36. The second-order valence-electron chi connectivity index (χ2n) is 3.92. The molecule has 21 heavy (non-hydrogen) atoms. The summed E-state index contributed by atoms with van der Waals surface area (Å²) < 4.78 is 9.50. The van der Waals surface area contributed by atoms with Crippen molar-refractivity contribution in [2.45, 2.75) is 19.9 Å². The maximum absolute atomic E-state index is 12.0. The molecule has 1 aromatic rings. The molecule has 7 heteroatoms. The average Bonchev–Trinajstić information content (AvgIpc) is 2.44. The first-order valence-corrected chi connectivity index (χ1v) is 6.77. The number of carbonyl (C=O) groups is 3. The predicted octanol–water partition coefficient (Wildman–Crippen LogP) is 1.56. The molecule has 0 radical (unpaired) electrons. The van der Waals surface area contributed by atoms with Gasteiger partial charge >= 0.3 is 11.9 Å². The molecule has 0 spiro atoms. The molecule has 0 aliphatic heterocycles. The standard InChI is InChI=1S/C14H16ClNO5/c1-3-20-13(18)11(14(19)21-4-2)16-12(17)9-6-5-7-10(15)8-9/h5-8,11H,3-4H2,1-2H3,(H,16,17). The number of halogens is 1. The molecule has 0 aliphatic rings. The van der Waals surface area contributed by atoms with Gasteiger partial charge in [0.1, 0.15) is 0 Å². The van der Waals surface area contributed by atoms with Crippen LogP contribution in [-0.4, -0.2) is 37.1 Å². The number of rotatable bonds is 6. The number of carbonyl (C=O) groups excluding carboxylic acids is 3. The topological polar surface area (TPSA) is 81.7 Å². The fourth-order valence-electron chi connectivity index (χ4n) is 1.51. The van der Waals surface area contributed by atoms with Crippen LogP contribution in [-0.2, 0) is 19.1 Å². The summed E-state index contributed by atoms with van der Waals surface area (Å²) in [4.78, 5) is 35.5. The van der Waals surface area contributed by atoms with Gasteiger partial charge in [0.15, 0.2) is 0 Å². The van der Waals surface area contributed by atoms with Gasteiger partial charge in [-0.3, -0.25) is 4.79 Å². The van der Waals surface area contributed by atoms with Crippen molar-refractivity contribution in [3.05, 3.63) is 34.9 Å². The molecule has 1 rings (SSSR count). The van der Waals surface area contributed by atoms with E-state index in [1.165, 1.54) is 12.1 Å². The SMILES string of the molecule is CCOC(=O)C(NC(=O)c1cccc(Cl)c1)C(=O)OCC. The van der Waals surface area contributed by atoms with E-state index in [0.717, 1.165) is 0 Å². The third-order valence-corrected chi connectivity index (χ3v) is 2.64. The molecule has 1 aromatic carbocycles. The lowest BCUT2D eigenvalue weighted by atomic mass is 10.2. The Labute approximate surface area is 127 Å². The van der Waals surface area contributed by atoms with Crippen molar-refractivity contribution in [3.8, 4) is 0 Å². The first-order chi connectivity index (χ1) is 9.99. The average molecular weight is 314 g/mol. The molecule has 0 atom stereocenters. The predicted molar refractivity (Wildman–Crippen MR) is 76.0 cm³/mol. The zero-order chi connectivity index (χ0) is 15.8. The monoisotopic (exact) mass is 313 g/mol. The lowest BCUT2D eigenvalue weighted by Crippen LogP contribution is -2.48. The molecule has 0 saturated heterocycles. The van der Waals surface area contributed by atoms with Gasteiger partial charge in [-0.05, 0) is 32.0 Å². The van der Waals surface area contributed by atoms with Crippen LogP contribution in [0.15, 0.2) is 24.3 Å². The molecular weight excluding hydrogens is 298 g/mol. The van der Waals surface area contributed by atoms with Crippen LogP contribution in [0.5, 0.6) is 0 Å². The largest absolute Gasteiger partial charge is 0.464 e. The van der Waals surface area contributed by atoms with E-state index in [1.807, 2.05) is 0 Å². The molecular formula is C14H16ClNO5. The van der Waals surface area contributed by atoms with E-state index >= 15 is 0 Å². The molecule has 0 saturated carbocycles. The van der Waals surface area contributed by atoms with Gasteiger partial charge in [0.2, 0.25) is 6.04 Å². The lowest BCUT2D eigenvalue weighted by Gasteiger charge is -2.15. The fourth-order valence-corrected chi connectivity index (χ4v) is 1.70. The molecule has 6 nitrogen and oxygen atoms in total. The summed E-state index contributed by atoms with van der Waals surface area (Å²) in [6.07, 6.45) is 0. The van der Waals surface area contributed by atoms with Crippen LogP contribution in [0.3, 0.4) is 0 Å². The van der Waals surface area contributed by atoms with Gasteiger partial charge in [0.05, 0.1) is 13.2 Å². The molecule has 1 amide bonds. The Bertz CT molecular complexity index is 514. The normalized spacial score (nSPS) is 10.1. The number of amides is 1. The van der Waals surface area contributed by atoms with Crippen molar-refractivity contribution in [3.63, 3.8) is 0 Å². The highest BCUT2D eigenvalue weighted by atomic mass is 35.5. The Morgan fingerprint density at radius 2 is 1.71 bits per heavy atom. The van der Waals surface area contributed by atoms with Gasteiger partial charge in [-0.2, -0.15) is 0 Å². The summed E-state index contributed by atoms with van der Waals surface area (Å²) in [5.74, 6) is -2.36. The summed E-state index contributed by atoms with van der Waals surface area (Å²) in [7, 11) is 0. The zero-order valence-electron chi connectivity index (χ0n) is 11.7. The summed E-state index contributed by atoms with van der Waals surface area (Å²) in [6, 6.07) is 4.61. The second-order valence-corrected chi connectivity index (χ2v) is 4.36. The highest BCUT2D eigenvalue weighted by Gasteiger charge is 2.31. The molecule has 0 aliphatic carbocycles. The van der Waals surface area contributed by atoms with Gasteiger partial charge in [-0.15, -0.1) is 0 Å². The molecule has 114 valence electrons. The summed E-state index contributed by atoms with van der Waals surface area (Å²) in [5, 5.41) is 2.65. The van der Waals surface area contributed by atoms with Crippen LogP contribution in [0.4, 0.5) is 0 Å². The van der Waals surface area contributed by atoms with Crippen LogP contribution in [0.1, 0.15) is 24.2 Å². The second kappa shape index (κ2) is 8.26. The molecule has 1 N–H and O–H groups in total. The van der Waals surface area contributed by atoms with E-state index < -0.39 is 23.9 Å². The highest BCUT2D eigenvalue weighted by molar-refractivity contribution is 6.31. The van der Waals surface area contributed by atoms with E-state index in [0.29, 0.717) is 5.02 Å². The smallest absolute Gasteiger partial charge is 0.340 e. The Morgan fingerprint density at radius 3 is 2.19 bits per heavy atom. The van der Waals surface area contributed by atoms with Gasteiger partial charge in [-0.25, -0.2) is 9.59 Å². The summed E-state index contributed by atoms with van der Waals surface area (Å²) >= 11 is 5.79. The third-order valence-electron chi connectivity index (χ3n) is 2.41. The minimum Gasteiger partial charge on any atom is -0.464 e. The molecule has 0 aromatic heterocycles. The third kappa shape index (κ3) is 5.07. The number of ether oxygens (including phenoxy) is 2. The maximum atomic E-state index is 12.0. The fraction of sp³-hybridized carbons (Fsp3) is 0.357. The maximum Gasteiger partial charge on any atom is 0.340 e. The van der Waals surface area contributed by atoms with Crippen molar-refractivity contribution >= 4 is 29.4 Å². The first kappa shape index (κ1) is 17.0. The van der Waals surface area contributed by atoms with E-state index in [2.05, 4.69) is 5.32 Å². The van der Waals surface area contributed by atoms with Crippen molar-refractivity contribution in [2.75, 3.05) is 13.2 Å². The van der Waals surface area contributed by atoms with Crippen molar-refractivity contribution < 1.29 is 23.9 Å². The van der Waals surface area contributed by atoms with Crippen LogP contribution in [0.25, 0.3) is 0 Å². The van der Waals surface area contributed by atoms with E-state index in [-0.39, 0.29) is 18.8 Å². The van der Waals surface area contributed by atoms with E-state index in [4.69, 9.17) is 21.1 Å². The molecule has 0 heterocycles. The summed E-state index contributed by atoms with van der Waals surface area (Å²) in [5.41, 5.74) is 0.223. The molecule has 0 bridgehead atoms. The van der Waals surface area contributed by atoms with E-state index in [9.17, 15) is 14.4 Å². The molecule has 0 unspecified atom stereocenters. The van der Waals surface area contributed by atoms with Crippen LogP contribution < -0.4 is 5.32 Å². The number of benzene rings is 1. The first-order valence-electron chi connectivity index (χ1n) is 6.39. The van der Waals surface area contributed by atoms with Crippen molar-refractivity contribution in [2.24, 2.45) is 0 Å². The lowest BCUT2D eigenvalue weighted by molar-refractivity contribution is -0.157. The van der Waals surface area contributed by atoms with Gasteiger partial charge < -0.3 is 14.8 Å². The zero-order valence-corrected chi connectivity index (χ0v) is 12.5.